The normalized spacial score (nSPS) is 14.3. The van der Waals surface area contributed by atoms with Crippen LogP contribution in [-0.2, 0) is 10.8 Å². The van der Waals surface area contributed by atoms with Gasteiger partial charge in [0.2, 0.25) is 0 Å². The van der Waals surface area contributed by atoms with Crippen LogP contribution in [0.4, 0.5) is 17.1 Å². The molecule has 0 saturated heterocycles. The number of furan rings is 1. The predicted octanol–water partition coefficient (Wildman–Crippen LogP) is 16.4. The fraction of sp³-hybridized carbons (Fsp3) is 0.100. The van der Waals surface area contributed by atoms with Crippen LogP contribution in [0.25, 0.3) is 82.8 Å². The quantitative estimate of drug-likeness (QED) is 0.173. The van der Waals surface area contributed by atoms with E-state index < -0.39 is 0 Å². The number of aromatic nitrogens is 1. The Kier molecular flexibility index (Phi) is 7.42. The minimum Gasteiger partial charge on any atom is -0.454 e. The fourth-order valence-electron chi connectivity index (χ4n) is 11.2. The van der Waals surface area contributed by atoms with Crippen molar-refractivity contribution < 1.29 is 4.42 Å². The summed E-state index contributed by atoms with van der Waals surface area (Å²) in [5.41, 5.74) is 21.5. The lowest BCUT2D eigenvalue weighted by molar-refractivity contribution is 0.660. The lowest BCUT2D eigenvalue weighted by Gasteiger charge is -2.30. The molecule has 0 aliphatic heterocycles. The molecule has 3 nitrogen and oxygen atoms in total. The van der Waals surface area contributed by atoms with Crippen LogP contribution in [0.15, 0.2) is 199 Å². The minimum atomic E-state index is -0.115. The molecule has 9 aromatic carbocycles. The Balaban J connectivity index is 0.956. The molecule has 0 N–H and O–H groups in total. The number of hydrogen-bond donors (Lipinski definition) is 0. The van der Waals surface area contributed by atoms with Crippen molar-refractivity contribution in [3.63, 3.8) is 0 Å². The molecule has 0 radical (unpaired) electrons. The summed E-state index contributed by atoms with van der Waals surface area (Å²) in [6, 6.07) is 71.6. The predicted molar refractivity (Wildman–Crippen MR) is 263 cm³/mol. The smallest absolute Gasteiger partial charge is 0.159 e. The largest absolute Gasteiger partial charge is 0.454 e. The number of rotatable bonds is 5. The van der Waals surface area contributed by atoms with Crippen molar-refractivity contribution in [3.05, 3.63) is 216 Å². The average Bonchev–Trinajstić information content (AvgIpc) is 4.00. The standard InChI is InChI=1S/C60H44N2O/c1-59(2)50-19-9-5-14-42(50)44-32-29-40(35-52(44)59)61(41-30-33-45-43-15-6-10-20-51(43)60(3,4)53(45)36-41)39-27-24-37(25-28-39)38-26-31-47-46-16-7-11-21-54(46)62(56(47)34-38)55-22-13-18-49-48-17-8-12-23-57(48)63-58(49)55/h5-36H,1-4H3. The van der Waals surface area contributed by atoms with Gasteiger partial charge in [0.05, 0.1) is 16.7 Å². The topological polar surface area (TPSA) is 21.3 Å². The molecule has 13 rings (SSSR count). The second-order valence-electron chi connectivity index (χ2n) is 18.5. The van der Waals surface area contributed by atoms with Gasteiger partial charge >= 0.3 is 0 Å². The van der Waals surface area contributed by atoms with E-state index in [2.05, 4.69) is 225 Å². The van der Waals surface area contributed by atoms with Gasteiger partial charge in [-0.3, -0.25) is 0 Å². The van der Waals surface area contributed by atoms with Gasteiger partial charge in [-0.1, -0.05) is 161 Å². The monoisotopic (exact) mass is 808 g/mol. The SMILES string of the molecule is CC1(C)c2ccccc2-c2ccc(N(c3ccc(-c4ccc5c6ccccc6n(-c6cccc7c6oc6ccccc67)c5c4)cc3)c3ccc4c(c3)C(C)(C)c3ccccc3-4)cc21. The fourth-order valence-corrected chi connectivity index (χ4v) is 11.2. The second kappa shape index (κ2) is 13.0. The zero-order chi connectivity index (χ0) is 42.2. The van der Waals surface area contributed by atoms with Gasteiger partial charge < -0.3 is 13.9 Å². The summed E-state index contributed by atoms with van der Waals surface area (Å²) in [6.07, 6.45) is 0. The van der Waals surface area contributed by atoms with E-state index in [0.29, 0.717) is 0 Å². The Bertz CT molecular complexity index is 3580. The third-order valence-corrected chi connectivity index (χ3v) is 14.4. The number of benzene rings is 9. The maximum atomic E-state index is 6.61. The van der Waals surface area contributed by atoms with Crippen molar-refractivity contribution in [3.8, 4) is 39.1 Å². The minimum absolute atomic E-state index is 0.115. The maximum absolute atomic E-state index is 6.61. The molecule has 2 heterocycles. The molecule has 2 aliphatic rings. The van der Waals surface area contributed by atoms with Gasteiger partial charge in [-0.15, -0.1) is 0 Å². The van der Waals surface area contributed by atoms with Crippen molar-refractivity contribution in [1.82, 2.24) is 4.57 Å². The Labute approximate surface area is 367 Å². The van der Waals surface area contributed by atoms with E-state index in [-0.39, 0.29) is 10.8 Å². The molecule has 63 heavy (non-hydrogen) atoms. The highest BCUT2D eigenvalue weighted by atomic mass is 16.3. The molecule has 0 atom stereocenters. The summed E-state index contributed by atoms with van der Waals surface area (Å²) < 4.78 is 8.99. The highest BCUT2D eigenvalue weighted by Crippen LogP contribution is 2.53. The molecule has 3 heteroatoms. The Hall–Kier alpha value is -7.62. The van der Waals surface area contributed by atoms with Crippen LogP contribution in [-0.4, -0.2) is 4.57 Å². The molecule has 0 fully saturated rings. The summed E-state index contributed by atoms with van der Waals surface area (Å²) in [7, 11) is 0. The van der Waals surface area contributed by atoms with Crippen molar-refractivity contribution >= 4 is 60.8 Å². The Morgan fingerprint density at radius 3 is 1.59 bits per heavy atom. The van der Waals surface area contributed by atoms with Crippen molar-refractivity contribution in [1.29, 1.82) is 0 Å². The Morgan fingerprint density at radius 1 is 0.381 bits per heavy atom. The third kappa shape index (κ3) is 5.08. The molecule has 300 valence electrons. The summed E-state index contributed by atoms with van der Waals surface area (Å²) in [5, 5.41) is 4.69. The van der Waals surface area contributed by atoms with Gasteiger partial charge in [0, 0.05) is 49.4 Å². The van der Waals surface area contributed by atoms with Crippen LogP contribution < -0.4 is 4.90 Å². The zero-order valence-electron chi connectivity index (χ0n) is 35.8. The van der Waals surface area contributed by atoms with E-state index in [1.165, 1.54) is 55.3 Å². The summed E-state index contributed by atoms with van der Waals surface area (Å²) in [6.45, 7) is 9.46. The second-order valence-corrected chi connectivity index (χ2v) is 18.5. The van der Waals surface area contributed by atoms with E-state index in [1.807, 2.05) is 6.07 Å². The van der Waals surface area contributed by atoms with E-state index >= 15 is 0 Å². The summed E-state index contributed by atoms with van der Waals surface area (Å²) in [4.78, 5) is 2.46. The van der Waals surface area contributed by atoms with E-state index in [4.69, 9.17) is 4.42 Å². The van der Waals surface area contributed by atoms with Crippen LogP contribution >= 0.6 is 0 Å². The van der Waals surface area contributed by atoms with E-state index in [1.54, 1.807) is 0 Å². The number of anilines is 3. The van der Waals surface area contributed by atoms with Crippen molar-refractivity contribution in [2.24, 2.45) is 0 Å². The van der Waals surface area contributed by atoms with Crippen LogP contribution in [0.5, 0.6) is 0 Å². The molecule has 2 aromatic heterocycles. The highest BCUT2D eigenvalue weighted by Gasteiger charge is 2.37. The maximum Gasteiger partial charge on any atom is 0.159 e. The van der Waals surface area contributed by atoms with Gasteiger partial charge in [-0.2, -0.15) is 0 Å². The molecule has 0 saturated carbocycles. The highest BCUT2D eigenvalue weighted by molar-refractivity contribution is 6.13. The number of nitrogens with zero attached hydrogens (tertiary/aromatic N) is 2. The molecule has 0 bridgehead atoms. The number of fused-ring (bicyclic) bond motifs is 12. The van der Waals surface area contributed by atoms with Gasteiger partial charge in [-0.25, -0.2) is 0 Å². The zero-order valence-corrected chi connectivity index (χ0v) is 35.8. The third-order valence-electron chi connectivity index (χ3n) is 14.4. The van der Waals surface area contributed by atoms with Gasteiger partial charge in [0.1, 0.15) is 5.58 Å². The number of hydrogen-bond acceptors (Lipinski definition) is 2. The first kappa shape index (κ1) is 36.1. The van der Waals surface area contributed by atoms with Gasteiger partial charge in [0.25, 0.3) is 0 Å². The first-order valence-electron chi connectivity index (χ1n) is 22.1. The lowest BCUT2D eigenvalue weighted by atomic mass is 9.82. The number of para-hydroxylation sites is 3. The molecule has 11 aromatic rings. The molecule has 2 aliphatic carbocycles. The molecular weight excluding hydrogens is 765 g/mol. The Morgan fingerprint density at radius 2 is 0.905 bits per heavy atom. The van der Waals surface area contributed by atoms with Gasteiger partial charge in [-0.05, 0) is 116 Å². The van der Waals surface area contributed by atoms with E-state index in [9.17, 15) is 0 Å². The van der Waals surface area contributed by atoms with Crippen LogP contribution in [0.2, 0.25) is 0 Å². The lowest BCUT2D eigenvalue weighted by Crippen LogP contribution is -2.18. The molecule has 0 spiro atoms. The molecular formula is C60H44N2O. The van der Waals surface area contributed by atoms with Crippen molar-refractivity contribution in [2.45, 2.75) is 38.5 Å². The first-order chi connectivity index (χ1) is 30.8. The summed E-state index contributed by atoms with van der Waals surface area (Å²) >= 11 is 0. The van der Waals surface area contributed by atoms with Crippen LogP contribution in [0.1, 0.15) is 49.9 Å². The molecule has 0 amide bonds. The average molecular weight is 809 g/mol. The van der Waals surface area contributed by atoms with Crippen LogP contribution in [0, 0.1) is 0 Å². The van der Waals surface area contributed by atoms with Crippen LogP contribution in [0.3, 0.4) is 0 Å². The first-order valence-corrected chi connectivity index (χ1v) is 22.1. The molecule has 0 unspecified atom stereocenters. The van der Waals surface area contributed by atoms with Gasteiger partial charge in [0.15, 0.2) is 5.58 Å². The van der Waals surface area contributed by atoms with Crippen molar-refractivity contribution in [2.75, 3.05) is 4.90 Å². The summed E-state index contributed by atoms with van der Waals surface area (Å²) in [5.74, 6) is 0. The van der Waals surface area contributed by atoms with E-state index in [0.717, 1.165) is 66.8 Å².